The van der Waals surface area contributed by atoms with Crippen molar-refractivity contribution in [2.75, 3.05) is 34.4 Å². The van der Waals surface area contributed by atoms with Gasteiger partial charge in [-0.15, -0.1) is 12.4 Å². The lowest BCUT2D eigenvalue weighted by Gasteiger charge is -2.31. The summed E-state index contributed by atoms with van der Waals surface area (Å²) in [6.45, 7) is 4.06. The molecule has 0 spiro atoms. The molecule has 1 aliphatic rings. The molecule has 0 fully saturated rings. The Morgan fingerprint density at radius 3 is 2.41 bits per heavy atom. The van der Waals surface area contributed by atoms with E-state index in [1.807, 2.05) is 31.0 Å². The van der Waals surface area contributed by atoms with E-state index in [0.717, 1.165) is 24.3 Å². The summed E-state index contributed by atoms with van der Waals surface area (Å²) in [5.41, 5.74) is 2.38. The zero-order chi connectivity index (χ0) is 15.4. The van der Waals surface area contributed by atoms with Crippen molar-refractivity contribution >= 4 is 18.3 Å². The molecule has 0 radical (unpaired) electrons. The standard InChI is InChI=1S/C16H24N2O3.ClH/c1-11(9-17-2)16(19)18-6-5-12-7-14(20-3)15(21-4)8-13(12)10-18;/h7-8,11,17H,5-6,9-10H2,1-4H3;1H. The Morgan fingerprint density at radius 1 is 1.27 bits per heavy atom. The van der Waals surface area contributed by atoms with Gasteiger partial charge in [-0.2, -0.15) is 0 Å². The summed E-state index contributed by atoms with van der Waals surface area (Å²) in [6, 6.07) is 4.00. The van der Waals surface area contributed by atoms with Crippen molar-refractivity contribution in [3.05, 3.63) is 23.3 Å². The number of halogens is 1. The van der Waals surface area contributed by atoms with Gasteiger partial charge in [-0.1, -0.05) is 6.92 Å². The van der Waals surface area contributed by atoms with Crippen LogP contribution < -0.4 is 14.8 Å². The van der Waals surface area contributed by atoms with Gasteiger partial charge in [0.2, 0.25) is 5.91 Å². The van der Waals surface area contributed by atoms with Crippen molar-refractivity contribution in [1.82, 2.24) is 10.2 Å². The SMILES string of the molecule is CNCC(C)C(=O)N1CCc2cc(OC)c(OC)cc2C1.Cl. The predicted molar refractivity (Wildman–Crippen MR) is 89.0 cm³/mol. The maximum atomic E-state index is 12.4. The van der Waals surface area contributed by atoms with Gasteiger partial charge in [0.15, 0.2) is 11.5 Å². The topological polar surface area (TPSA) is 50.8 Å². The zero-order valence-electron chi connectivity index (χ0n) is 13.6. The van der Waals surface area contributed by atoms with Gasteiger partial charge in [0, 0.05) is 25.6 Å². The van der Waals surface area contributed by atoms with Crippen LogP contribution in [0.15, 0.2) is 12.1 Å². The lowest BCUT2D eigenvalue weighted by atomic mass is 9.97. The molecule has 1 N–H and O–H groups in total. The molecule has 0 aliphatic carbocycles. The van der Waals surface area contributed by atoms with Crippen LogP contribution in [-0.2, 0) is 17.8 Å². The number of fused-ring (bicyclic) bond motifs is 1. The number of nitrogens with one attached hydrogen (secondary N) is 1. The summed E-state index contributed by atoms with van der Waals surface area (Å²) in [7, 11) is 5.14. The Morgan fingerprint density at radius 2 is 1.86 bits per heavy atom. The maximum absolute atomic E-state index is 12.4. The van der Waals surface area contributed by atoms with Gasteiger partial charge in [-0.05, 0) is 36.7 Å². The Hall–Kier alpha value is -1.46. The summed E-state index contributed by atoms with van der Waals surface area (Å²) in [4.78, 5) is 14.3. The molecule has 22 heavy (non-hydrogen) atoms. The van der Waals surface area contributed by atoms with Gasteiger partial charge >= 0.3 is 0 Å². The summed E-state index contributed by atoms with van der Waals surface area (Å²) < 4.78 is 10.7. The highest BCUT2D eigenvalue weighted by Gasteiger charge is 2.25. The monoisotopic (exact) mass is 328 g/mol. The van der Waals surface area contributed by atoms with Gasteiger partial charge in [-0.3, -0.25) is 4.79 Å². The van der Waals surface area contributed by atoms with Crippen LogP contribution in [0.2, 0.25) is 0 Å². The maximum Gasteiger partial charge on any atom is 0.226 e. The number of methoxy groups -OCH3 is 2. The van der Waals surface area contributed by atoms with Gasteiger partial charge in [0.05, 0.1) is 14.2 Å². The largest absolute Gasteiger partial charge is 0.493 e. The van der Waals surface area contributed by atoms with Crippen LogP contribution in [0.4, 0.5) is 0 Å². The first kappa shape index (κ1) is 18.6. The Kier molecular flexibility index (Phi) is 6.97. The summed E-state index contributed by atoms with van der Waals surface area (Å²) in [5.74, 6) is 1.66. The second kappa shape index (κ2) is 8.25. The number of carbonyl (C=O) groups excluding carboxylic acids is 1. The lowest BCUT2D eigenvalue weighted by Crippen LogP contribution is -2.41. The third kappa shape index (κ3) is 3.84. The first-order valence-corrected chi connectivity index (χ1v) is 7.27. The first-order chi connectivity index (χ1) is 10.1. The van der Waals surface area contributed by atoms with E-state index in [4.69, 9.17) is 9.47 Å². The molecule has 0 saturated carbocycles. The second-order valence-electron chi connectivity index (χ2n) is 5.44. The molecule has 5 nitrogen and oxygen atoms in total. The number of hydrogen-bond donors (Lipinski definition) is 1. The lowest BCUT2D eigenvalue weighted by molar-refractivity contribution is -0.135. The molecular formula is C16H25ClN2O3. The predicted octanol–water partition coefficient (Wildman–Crippen LogP) is 1.87. The van der Waals surface area contributed by atoms with Crippen molar-refractivity contribution in [2.24, 2.45) is 5.92 Å². The highest BCUT2D eigenvalue weighted by Crippen LogP contribution is 2.33. The average molecular weight is 329 g/mol. The highest BCUT2D eigenvalue weighted by molar-refractivity contribution is 5.85. The minimum absolute atomic E-state index is 0. The van der Waals surface area contributed by atoms with E-state index in [0.29, 0.717) is 18.8 Å². The van der Waals surface area contributed by atoms with Crippen LogP contribution in [0.5, 0.6) is 11.5 Å². The van der Waals surface area contributed by atoms with E-state index in [1.165, 1.54) is 5.56 Å². The molecule has 1 atom stereocenters. The number of hydrogen-bond acceptors (Lipinski definition) is 4. The highest BCUT2D eigenvalue weighted by atomic mass is 35.5. The van der Waals surface area contributed by atoms with Crippen molar-refractivity contribution in [1.29, 1.82) is 0 Å². The van der Waals surface area contributed by atoms with E-state index < -0.39 is 0 Å². The van der Waals surface area contributed by atoms with Crippen molar-refractivity contribution in [3.8, 4) is 11.5 Å². The van der Waals surface area contributed by atoms with E-state index >= 15 is 0 Å². The minimum Gasteiger partial charge on any atom is -0.493 e. The fourth-order valence-corrected chi connectivity index (χ4v) is 2.78. The summed E-state index contributed by atoms with van der Waals surface area (Å²) >= 11 is 0. The van der Waals surface area contributed by atoms with E-state index in [2.05, 4.69) is 5.32 Å². The van der Waals surface area contributed by atoms with E-state index in [-0.39, 0.29) is 24.2 Å². The molecule has 1 unspecified atom stereocenters. The fourth-order valence-electron chi connectivity index (χ4n) is 2.78. The van der Waals surface area contributed by atoms with Gasteiger partial charge in [-0.25, -0.2) is 0 Å². The number of amides is 1. The first-order valence-electron chi connectivity index (χ1n) is 7.27. The third-order valence-corrected chi connectivity index (χ3v) is 3.96. The molecular weight excluding hydrogens is 304 g/mol. The summed E-state index contributed by atoms with van der Waals surface area (Å²) in [5, 5.41) is 3.06. The Bertz CT molecular complexity index is 522. The zero-order valence-corrected chi connectivity index (χ0v) is 14.5. The van der Waals surface area contributed by atoms with E-state index in [9.17, 15) is 4.79 Å². The molecule has 1 aliphatic heterocycles. The fraction of sp³-hybridized carbons (Fsp3) is 0.562. The van der Waals surface area contributed by atoms with Crippen LogP contribution in [0.1, 0.15) is 18.1 Å². The van der Waals surface area contributed by atoms with Crippen LogP contribution in [0, 0.1) is 5.92 Å². The molecule has 1 heterocycles. The smallest absolute Gasteiger partial charge is 0.226 e. The molecule has 124 valence electrons. The van der Waals surface area contributed by atoms with Gasteiger partial charge in [0.25, 0.3) is 0 Å². The molecule has 1 amide bonds. The molecule has 1 aromatic rings. The van der Waals surface area contributed by atoms with Crippen LogP contribution in [0.25, 0.3) is 0 Å². The summed E-state index contributed by atoms with van der Waals surface area (Å²) in [6.07, 6.45) is 0.855. The Balaban J connectivity index is 0.00000242. The number of ether oxygens (including phenoxy) is 2. The van der Waals surface area contributed by atoms with Gasteiger partial charge in [0.1, 0.15) is 0 Å². The molecule has 0 aromatic heterocycles. The molecule has 0 bridgehead atoms. The minimum atomic E-state index is -0.00306. The molecule has 0 saturated heterocycles. The Labute approximate surface area is 138 Å². The number of rotatable bonds is 5. The van der Waals surface area contributed by atoms with Crippen molar-refractivity contribution in [2.45, 2.75) is 19.9 Å². The number of benzene rings is 1. The van der Waals surface area contributed by atoms with Crippen LogP contribution in [0.3, 0.4) is 0 Å². The molecule has 1 aromatic carbocycles. The van der Waals surface area contributed by atoms with Crippen molar-refractivity contribution in [3.63, 3.8) is 0 Å². The average Bonchev–Trinajstić information content (AvgIpc) is 2.52. The number of carbonyl (C=O) groups is 1. The molecule has 6 heteroatoms. The number of nitrogens with zero attached hydrogens (tertiary/aromatic N) is 1. The second-order valence-corrected chi connectivity index (χ2v) is 5.44. The van der Waals surface area contributed by atoms with Gasteiger partial charge < -0.3 is 19.7 Å². The third-order valence-electron chi connectivity index (χ3n) is 3.96. The van der Waals surface area contributed by atoms with Crippen molar-refractivity contribution < 1.29 is 14.3 Å². The normalized spacial score (nSPS) is 14.6. The van der Waals surface area contributed by atoms with Crippen LogP contribution in [-0.4, -0.2) is 45.2 Å². The van der Waals surface area contributed by atoms with E-state index in [1.54, 1.807) is 14.2 Å². The molecule has 2 rings (SSSR count). The van der Waals surface area contributed by atoms with Crippen LogP contribution >= 0.6 is 12.4 Å². The quantitative estimate of drug-likeness (QED) is 0.896.